The zero-order chi connectivity index (χ0) is 15.1. The van der Waals surface area contributed by atoms with Crippen molar-refractivity contribution >= 4 is 11.6 Å². The van der Waals surface area contributed by atoms with Gasteiger partial charge in [0.25, 0.3) is 5.91 Å². The molecule has 112 valence electrons. The van der Waals surface area contributed by atoms with Crippen molar-refractivity contribution in [2.45, 2.75) is 46.1 Å². The first kappa shape index (κ1) is 16.5. The van der Waals surface area contributed by atoms with E-state index in [1.165, 1.54) is 6.07 Å². The van der Waals surface area contributed by atoms with E-state index in [1.54, 1.807) is 24.1 Å². The summed E-state index contributed by atoms with van der Waals surface area (Å²) < 4.78 is 13.9. The van der Waals surface area contributed by atoms with Crippen molar-refractivity contribution in [1.29, 1.82) is 0 Å². The van der Waals surface area contributed by atoms with Gasteiger partial charge in [-0.05, 0) is 31.9 Å². The molecule has 0 bridgehead atoms. The second-order valence-electron chi connectivity index (χ2n) is 5.14. The molecule has 1 atom stereocenters. The van der Waals surface area contributed by atoms with E-state index in [-0.39, 0.29) is 17.8 Å². The lowest BCUT2D eigenvalue weighted by molar-refractivity contribution is 0.0737. The summed E-state index contributed by atoms with van der Waals surface area (Å²) >= 11 is 0. The Labute approximate surface area is 121 Å². The average Bonchev–Trinajstić information content (AvgIpc) is 2.44. The standard InChI is InChI=1S/C16H25FN2O/c1-5-8-12(3)19(4)16(20)13-9-7-10-14(17)15(13)18-11-6-2/h7,9-10,12,18H,5-6,8,11H2,1-4H3. The van der Waals surface area contributed by atoms with Gasteiger partial charge in [-0.15, -0.1) is 0 Å². The van der Waals surface area contributed by atoms with E-state index < -0.39 is 0 Å². The van der Waals surface area contributed by atoms with Crippen LogP contribution in [0.2, 0.25) is 0 Å². The maximum Gasteiger partial charge on any atom is 0.256 e. The molecular formula is C16H25FN2O. The van der Waals surface area contributed by atoms with E-state index in [2.05, 4.69) is 12.2 Å². The number of rotatable bonds is 7. The number of benzene rings is 1. The van der Waals surface area contributed by atoms with Crippen LogP contribution in [0.1, 0.15) is 50.4 Å². The SMILES string of the molecule is CCCNc1c(F)cccc1C(=O)N(C)C(C)CCC. The van der Waals surface area contributed by atoms with Crippen LogP contribution in [0.25, 0.3) is 0 Å². The van der Waals surface area contributed by atoms with Crippen molar-refractivity contribution in [2.24, 2.45) is 0 Å². The van der Waals surface area contributed by atoms with Crippen LogP contribution in [0.4, 0.5) is 10.1 Å². The Kier molecular flexibility index (Phi) is 6.49. The number of halogens is 1. The molecule has 1 N–H and O–H groups in total. The average molecular weight is 280 g/mol. The van der Waals surface area contributed by atoms with Gasteiger partial charge in [0.2, 0.25) is 0 Å². The molecule has 4 heteroatoms. The highest BCUT2D eigenvalue weighted by Crippen LogP contribution is 2.22. The molecule has 0 saturated carbocycles. The summed E-state index contributed by atoms with van der Waals surface area (Å²) in [7, 11) is 1.77. The summed E-state index contributed by atoms with van der Waals surface area (Å²) in [6, 6.07) is 4.79. The van der Waals surface area contributed by atoms with Crippen molar-refractivity contribution in [3.05, 3.63) is 29.6 Å². The van der Waals surface area contributed by atoms with Crippen molar-refractivity contribution in [3.8, 4) is 0 Å². The lowest BCUT2D eigenvalue weighted by Gasteiger charge is -2.26. The number of hydrogen-bond acceptors (Lipinski definition) is 2. The highest BCUT2D eigenvalue weighted by molar-refractivity contribution is 5.99. The number of anilines is 1. The predicted octanol–water partition coefficient (Wildman–Crippen LogP) is 3.91. The monoisotopic (exact) mass is 280 g/mol. The van der Waals surface area contributed by atoms with Gasteiger partial charge in [-0.25, -0.2) is 4.39 Å². The van der Waals surface area contributed by atoms with Gasteiger partial charge in [0, 0.05) is 19.6 Å². The maximum absolute atomic E-state index is 13.9. The molecule has 0 aromatic heterocycles. The van der Waals surface area contributed by atoms with Gasteiger partial charge in [0.15, 0.2) is 0 Å². The zero-order valence-electron chi connectivity index (χ0n) is 12.9. The minimum atomic E-state index is -0.374. The summed E-state index contributed by atoms with van der Waals surface area (Å²) in [6.45, 7) is 6.76. The number of nitrogens with one attached hydrogen (secondary N) is 1. The highest BCUT2D eigenvalue weighted by atomic mass is 19.1. The summed E-state index contributed by atoms with van der Waals surface area (Å²) in [4.78, 5) is 14.2. The van der Waals surface area contributed by atoms with Gasteiger partial charge in [-0.3, -0.25) is 4.79 Å². The molecule has 1 aromatic rings. The fourth-order valence-corrected chi connectivity index (χ4v) is 2.13. The number of carbonyl (C=O) groups is 1. The van der Waals surface area contributed by atoms with Crippen LogP contribution >= 0.6 is 0 Å². The Bertz CT molecular complexity index is 448. The van der Waals surface area contributed by atoms with Crippen molar-refractivity contribution in [2.75, 3.05) is 18.9 Å². The minimum Gasteiger partial charge on any atom is -0.382 e. The predicted molar refractivity (Wildman–Crippen MR) is 81.6 cm³/mol. The van der Waals surface area contributed by atoms with Crippen LogP contribution in [0.5, 0.6) is 0 Å². The molecule has 1 unspecified atom stereocenters. The molecule has 1 rings (SSSR count). The Morgan fingerprint density at radius 1 is 1.35 bits per heavy atom. The molecule has 0 aliphatic carbocycles. The second-order valence-corrected chi connectivity index (χ2v) is 5.14. The molecule has 3 nitrogen and oxygen atoms in total. The number of carbonyl (C=O) groups excluding carboxylic acids is 1. The third-order valence-corrected chi connectivity index (χ3v) is 3.48. The normalized spacial score (nSPS) is 12.1. The first-order valence-electron chi connectivity index (χ1n) is 7.32. The van der Waals surface area contributed by atoms with E-state index >= 15 is 0 Å². The smallest absolute Gasteiger partial charge is 0.256 e. The summed E-state index contributed by atoms with van der Waals surface area (Å²) in [5, 5.41) is 3.02. The van der Waals surface area contributed by atoms with Crippen LogP contribution in [-0.4, -0.2) is 30.4 Å². The number of hydrogen-bond donors (Lipinski definition) is 1. The number of nitrogens with zero attached hydrogens (tertiary/aromatic N) is 1. The maximum atomic E-state index is 13.9. The summed E-state index contributed by atoms with van der Waals surface area (Å²) in [6.07, 6.45) is 2.84. The van der Waals surface area contributed by atoms with Crippen LogP contribution in [0, 0.1) is 5.82 Å². The molecular weight excluding hydrogens is 255 g/mol. The van der Waals surface area contributed by atoms with Crippen molar-refractivity contribution < 1.29 is 9.18 Å². The van der Waals surface area contributed by atoms with Gasteiger partial charge in [0.1, 0.15) is 5.82 Å². The van der Waals surface area contributed by atoms with Crippen LogP contribution < -0.4 is 5.32 Å². The van der Waals surface area contributed by atoms with Crippen molar-refractivity contribution in [1.82, 2.24) is 4.90 Å². The fraction of sp³-hybridized carbons (Fsp3) is 0.562. The lowest BCUT2D eigenvalue weighted by Crippen LogP contribution is -2.35. The summed E-state index contributed by atoms with van der Waals surface area (Å²) in [5.74, 6) is -0.509. The quantitative estimate of drug-likeness (QED) is 0.821. The molecule has 0 radical (unpaired) electrons. The molecule has 1 aromatic carbocycles. The van der Waals surface area contributed by atoms with E-state index in [0.717, 1.165) is 19.3 Å². The Morgan fingerprint density at radius 2 is 2.05 bits per heavy atom. The fourth-order valence-electron chi connectivity index (χ4n) is 2.13. The Hall–Kier alpha value is -1.58. The Morgan fingerprint density at radius 3 is 2.65 bits per heavy atom. The van der Waals surface area contributed by atoms with Gasteiger partial charge in [-0.2, -0.15) is 0 Å². The van der Waals surface area contributed by atoms with Gasteiger partial charge < -0.3 is 10.2 Å². The van der Waals surface area contributed by atoms with Gasteiger partial charge in [-0.1, -0.05) is 26.3 Å². The van der Waals surface area contributed by atoms with E-state index in [4.69, 9.17) is 0 Å². The number of amides is 1. The molecule has 1 amide bonds. The lowest BCUT2D eigenvalue weighted by atomic mass is 10.1. The van der Waals surface area contributed by atoms with E-state index in [0.29, 0.717) is 17.8 Å². The number of para-hydroxylation sites is 1. The molecule has 0 spiro atoms. The molecule has 0 aliphatic rings. The van der Waals surface area contributed by atoms with Crippen LogP contribution in [0.3, 0.4) is 0 Å². The van der Waals surface area contributed by atoms with Crippen LogP contribution in [-0.2, 0) is 0 Å². The van der Waals surface area contributed by atoms with Crippen molar-refractivity contribution in [3.63, 3.8) is 0 Å². The summed E-state index contributed by atoms with van der Waals surface area (Å²) in [5.41, 5.74) is 0.721. The highest BCUT2D eigenvalue weighted by Gasteiger charge is 2.21. The van der Waals surface area contributed by atoms with Crippen LogP contribution in [0.15, 0.2) is 18.2 Å². The Balaban J connectivity index is 2.99. The van der Waals surface area contributed by atoms with E-state index in [1.807, 2.05) is 13.8 Å². The minimum absolute atomic E-state index is 0.135. The molecule has 0 saturated heterocycles. The topological polar surface area (TPSA) is 32.3 Å². The molecule has 0 heterocycles. The van der Waals surface area contributed by atoms with Gasteiger partial charge in [0.05, 0.1) is 11.3 Å². The molecule has 20 heavy (non-hydrogen) atoms. The third kappa shape index (κ3) is 3.95. The molecule has 0 aliphatic heterocycles. The zero-order valence-corrected chi connectivity index (χ0v) is 12.9. The first-order valence-corrected chi connectivity index (χ1v) is 7.32. The third-order valence-electron chi connectivity index (χ3n) is 3.48. The molecule has 0 fully saturated rings. The van der Waals surface area contributed by atoms with E-state index in [9.17, 15) is 9.18 Å². The first-order chi connectivity index (χ1) is 9.52. The largest absolute Gasteiger partial charge is 0.382 e. The second kappa shape index (κ2) is 7.88. The van der Waals surface area contributed by atoms with Gasteiger partial charge >= 0.3 is 0 Å².